The summed E-state index contributed by atoms with van der Waals surface area (Å²) in [6.07, 6.45) is 2.09. The fourth-order valence-electron chi connectivity index (χ4n) is 2.32. The van der Waals surface area contributed by atoms with E-state index in [0.717, 1.165) is 16.5 Å². The molecule has 0 aliphatic rings. The zero-order chi connectivity index (χ0) is 14.1. The molecule has 2 N–H and O–H groups in total. The van der Waals surface area contributed by atoms with E-state index in [4.69, 9.17) is 5.73 Å². The van der Waals surface area contributed by atoms with Crippen LogP contribution in [0.4, 0.5) is 5.69 Å². The summed E-state index contributed by atoms with van der Waals surface area (Å²) in [5, 5.41) is 6.28. The number of nitrogen functional groups attached to an aromatic ring is 1. The first kappa shape index (κ1) is 12.4. The molecule has 3 rings (SSSR count). The second-order valence-electron chi connectivity index (χ2n) is 4.87. The molecule has 2 aromatic carbocycles. The highest BCUT2D eigenvalue weighted by Gasteiger charge is 2.13. The largest absolute Gasteiger partial charge is 0.398 e. The minimum Gasteiger partial charge on any atom is -0.398 e. The van der Waals surface area contributed by atoms with Gasteiger partial charge >= 0.3 is 0 Å². The number of nitrogens with zero attached hydrogens (tertiary/aromatic N) is 2. The van der Waals surface area contributed by atoms with E-state index in [1.807, 2.05) is 55.7 Å². The number of benzene rings is 2. The lowest BCUT2D eigenvalue weighted by Gasteiger charge is -2.06. The summed E-state index contributed by atoms with van der Waals surface area (Å²) in [5.41, 5.74) is 7.84. The Hall–Kier alpha value is -2.62. The van der Waals surface area contributed by atoms with Gasteiger partial charge in [0.05, 0.1) is 12.1 Å². The monoisotopic (exact) mass is 265 g/mol. The average Bonchev–Trinajstić information content (AvgIpc) is 2.83. The van der Waals surface area contributed by atoms with Gasteiger partial charge in [0.15, 0.2) is 5.78 Å². The van der Waals surface area contributed by atoms with Crippen LogP contribution < -0.4 is 5.73 Å². The highest BCUT2D eigenvalue weighted by molar-refractivity contribution is 6.05. The van der Waals surface area contributed by atoms with Gasteiger partial charge in [-0.2, -0.15) is 5.10 Å². The molecule has 0 aliphatic carbocycles. The Morgan fingerprint density at radius 3 is 2.55 bits per heavy atom. The second kappa shape index (κ2) is 4.81. The van der Waals surface area contributed by atoms with Crippen molar-refractivity contribution in [3.05, 3.63) is 59.9 Å². The fraction of sp³-hybridized carbons (Fsp3) is 0.125. The van der Waals surface area contributed by atoms with Gasteiger partial charge < -0.3 is 5.73 Å². The van der Waals surface area contributed by atoms with Crippen LogP contribution in [-0.2, 0) is 13.5 Å². The Balaban J connectivity index is 1.96. The summed E-state index contributed by atoms with van der Waals surface area (Å²) in [6, 6.07) is 13.4. The van der Waals surface area contributed by atoms with E-state index in [0.29, 0.717) is 11.3 Å². The lowest BCUT2D eigenvalue weighted by atomic mass is 10.00. The summed E-state index contributed by atoms with van der Waals surface area (Å²) in [4.78, 5) is 12.4. The van der Waals surface area contributed by atoms with Crippen molar-refractivity contribution < 1.29 is 4.79 Å². The molecule has 100 valence electrons. The maximum Gasteiger partial charge on any atom is 0.170 e. The summed E-state index contributed by atoms with van der Waals surface area (Å²) in [6.45, 7) is 0. The van der Waals surface area contributed by atoms with Crippen molar-refractivity contribution in [3.63, 3.8) is 0 Å². The van der Waals surface area contributed by atoms with E-state index in [-0.39, 0.29) is 12.2 Å². The van der Waals surface area contributed by atoms with Gasteiger partial charge in [-0.1, -0.05) is 24.3 Å². The smallest absolute Gasteiger partial charge is 0.170 e. The SMILES string of the molecule is Cn1ccc(CC(=O)c2cc3ccccc3cc2N)n1. The van der Waals surface area contributed by atoms with E-state index < -0.39 is 0 Å². The lowest BCUT2D eigenvalue weighted by molar-refractivity contribution is 0.0993. The number of Topliss-reactive ketones (excluding diaryl/α,β-unsaturated/α-hetero) is 1. The molecule has 20 heavy (non-hydrogen) atoms. The zero-order valence-electron chi connectivity index (χ0n) is 11.2. The molecule has 0 unspecified atom stereocenters. The molecule has 0 saturated carbocycles. The first-order valence-corrected chi connectivity index (χ1v) is 6.43. The summed E-state index contributed by atoms with van der Waals surface area (Å²) in [7, 11) is 1.83. The van der Waals surface area contributed by atoms with Crippen LogP contribution in [0.25, 0.3) is 10.8 Å². The molecular weight excluding hydrogens is 250 g/mol. The molecule has 1 aromatic heterocycles. The van der Waals surface area contributed by atoms with Crippen molar-refractivity contribution in [2.75, 3.05) is 5.73 Å². The van der Waals surface area contributed by atoms with Gasteiger partial charge in [0.25, 0.3) is 0 Å². The van der Waals surface area contributed by atoms with Crippen LogP contribution in [0.3, 0.4) is 0 Å². The van der Waals surface area contributed by atoms with E-state index >= 15 is 0 Å². The Bertz CT molecular complexity index is 789. The molecule has 0 fully saturated rings. The minimum absolute atomic E-state index is 0.00745. The molecule has 0 saturated heterocycles. The molecule has 4 heteroatoms. The van der Waals surface area contributed by atoms with E-state index in [1.165, 1.54) is 0 Å². The molecule has 0 aliphatic heterocycles. The molecule has 0 amide bonds. The maximum atomic E-state index is 12.4. The van der Waals surface area contributed by atoms with E-state index in [9.17, 15) is 4.79 Å². The minimum atomic E-state index is -0.00745. The van der Waals surface area contributed by atoms with Crippen molar-refractivity contribution in [1.29, 1.82) is 0 Å². The Morgan fingerprint density at radius 2 is 1.90 bits per heavy atom. The predicted octanol–water partition coefficient (Wildman–Crippen LogP) is 2.58. The molecule has 3 aromatic rings. The van der Waals surface area contributed by atoms with Crippen LogP contribution in [0.2, 0.25) is 0 Å². The summed E-state index contributed by atoms with van der Waals surface area (Å²) >= 11 is 0. The van der Waals surface area contributed by atoms with Gasteiger partial charge in [0.2, 0.25) is 0 Å². The Labute approximate surface area is 116 Å². The van der Waals surface area contributed by atoms with Crippen LogP contribution in [-0.4, -0.2) is 15.6 Å². The highest BCUT2D eigenvalue weighted by Crippen LogP contribution is 2.23. The quantitative estimate of drug-likeness (QED) is 0.585. The number of carbonyl (C=O) groups is 1. The Kier molecular flexibility index (Phi) is 2.99. The number of rotatable bonds is 3. The van der Waals surface area contributed by atoms with Crippen LogP contribution in [0.15, 0.2) is 48.7 Å². The number of aromatic nitrogens is 2. The van der Waals surface area contributed by atoms with Gasteiger partial charge in [-0.15, -0.1) is 0 Å². The molecule has 0 bridgehead atoms. The molecule has 0 spiro atoms. The number of aryl methyl sites for hydroxylation is 1. The lowest BCUT2D eigenvalue weighted by Crippen LogP contribution is -2.08. The molecule has 0 radical (unpaired) electrons. The maximum absolute atomic E-state index is 12.4. The third-order valence-electron chi connectivity index (χ3n) is 3.33. The van der Waals surface area contributed by atoms with Gasteiger partial charge in [0, 0.05) is 24.5 Å². The molecule has 1 heterocycles. The van der Waals surface area contributed by atoms with Gasteiger partial charge in [-0.25, -0.2) is 0 Å². The summed E-state index contributed by atoms with van der Waals surface area (Å²) in [5.74, 6) is -0.00745. The average molecular weight is 265 g/mol. The number of hydrogen-bond acceptors (Lipinski definition) is 3. The Morgan fingerprint density at radius 1 is 1.20 bits per heavy atom. The third-order valence-corrected chi connectivity index (χ3v) is 3.33. The fourth-order valence-corrected chi connectivity index (χ4v) is 2.32. The van der Waals surface area contributed by atoms with Gasteiger partial charge in [0.1, 0.15) is 0 Å². The second-order valence-corrected chi connectivity index (χ2v) is 4.87. The van der Waals surface area contributed by atoms with E-state index in [2.05, 4.69) is 5.10 Å². The number of ketones is 1. The third kappa shape index (κ3) is 2.28. The van der Waals surface area contributed by atoms with E-state index in [1.54, 1.807) is 4.68 Å². The number of anilines is 1. The van der Waals surface area contributed by atoms with Crippen molar-refractivity contribution >= 4 is 22.2 Å². The molecule has 0 atom stereocenters. The predicted molar refractivity (Wildman–Crippen MR) is 79.6 cm³/mol. The number of nitrogens with two attached hydrogens (primary N) is 1. The first-order valence-electron chi connectivity index (χ1n) is 6.43. The first-order chi connectivity index (χ1) is 9.63. The number of fused-ring (bicyclic) bond motifs is 1. The zero-order valence-corrected chi connectivity index (χ0v) is 11.2. The normalized spacial score (nSPS) is 10.8. The number of hydrogen-bond donors (Lipinski definition) is 1. The van der Waals surface area contributed by atoms with Gasteiger partial charge in [-0.3, -0.25) is 9.48 Å². The highest BCUT2D eigenvalue weighted by atomic mass is 16.1. The van der Waals surface area contributed by atoms with Crippen LogP contribution in [0.1, 0.15) is 16.1 Å². The van der Waals surface area contributed by atoms with Crippen molar-refractivity contribution in [3.8, 4) is 0 Å². The molecule has 4 nitrogen and oxygen atoms in total. The van der Waals surface area contributed by atoms with Crippen molar-refractivity contribution in [2.24, 2.45) is 7.05 Å². The summed E-state index contributed by atoms with van der Waals surface area (Å²) < 4.78 is 1.69. The number of carbonyl (C=O) groups excluding carboxylic acids is 1. The van der Waals surface area contributed by atoms with Crippen LogP contribution >= 0.6 is 0 Å². The van der Waals surface area contributed by atoms with Crippen molar-refractivity contribution in [2.45, 2.75) is 6.42 Å². The van der Waals surface area contributed by atoms with Crippen LogP contribution in [0.5, 0.6) is 0 Å². The van der Waals surface area contributed by atoms with Crippen molar-refractivity contribution in [1.82, 2.24) is 9.78 Å². The standard InChI is InChI=1S/C16H15N3O/c1-19-7-6-13(18-19)10-16(20)14-8-11-4-2-3-5-12(11)9-15(14)17/h2-9H,10,17H2,1H3. The van der Waals surface area contributed by atoms with Gasteiger partial charge in [-0.05, 0) is 29.0 Å². The molecular formula is C16H15N3O. The topological polar surface area (TPSA) is 60.9 Å². The van der Waals surface area contributed by atoms with Crippen LogP contribution in [0, 0.1) is 0 Å².